The largest absolute Gasteiger partial charge is 0.465 e. The molecule has 0 bridgehead atoms. The number of rotatable bonds is 5. The normalized spacial score (nSPS) is 19.9. The quantitative estimate of drug-likeness (QED) is 0.650. The maximum Gasteiger partial charge on any atom is 0.307 e. The van der Waals surface area contributed by atoms with Crippen molar-refractivity contribution in [2.45, 2.75) is 25.4 Å². The highest BCUT2D eigenvalue weighted by molar-refractivity contribution is 5.69. The Balaban J connectivity index is 2.16. The van der Waals surface area contributed by atoms with Crippen LogP contribution in [-0.2, 0) is 9.53 Å². The summed E-state index contributed by atoms with van der Waals surface area (Å²) in [7, 11) is 0. The van der Waals surface area contributed by atoms with Crippen LogP contribution in [0.15, 0.2) is 23.8 Å². The van der Waals surface area contributed by atoms with Gasteiger partial charge in [0.15, 0.2) is 0 Å². The van der Waals surface area contributed by atoms with Crippen LogP contribution >= 0.6 is 0 Å². The summed E-state index contributed by atoms with van der Waals surface area (Å²) in [6.45, 7) is 0.707. The van der Waals surface area contributed by atoms with Gasteiger partial charge in [0.25, 0.3) is 0 Å². The molecule has 84 valence electrons. The zero-order valence-corrected chi connectivity index (χ0v) is 8.69. The van der Waals surface area contributed by atoms with E-state index in [0.717, 1.165) is 5.57 Å². The topological polar surface area (TPSA) is 72.6 Å². The van der Waals surface area contributed by atoms with Crippen LogP contribution in [0.1, 0.15) is 19.3 Å². The van der Waals surface area contributed by atoms with Gasteiger partial charge in [0.1, 0.15) is 0 Å². The molecular formula is C11H17NO3. The van der Waals surface area contributed by atoms with E-state index in [9.17, 15) is 9.90 Å². The zero-order chi connectivity index (χ0) is 11.1. The Kier molecular flexibility index (Phi) is 5.07. The molecule has 4 heteroatoms. The molecule has 4 nitrogen and oxygen atoms in total. The molecule has 0 heterocycles. The van der Waals surface area contributed by atoms with Gasteiger partial charge >= 0.3 is 5.97 Å². The molecule has 1 rings (SSSR count). The van der Waals surface area contributed by atoms with Gasteiger partial charge in [0.05, 0.1) is 19.1 Å². The average Bonchev–Trinajstić information content (AvgIpc) is 2.21. The maximum absolute atomic E-state index is 11.0. The van der Waals surface area contributed by atoms with Gasteiger partial charge in [-0.05, 0) is 12.0 Å². The molecule has 15 heavy (non-hydrogen) atoms. The number of carbonyl (C=O) groups is 1. The van der Waals surface area contributed by atoms with E-state index < -0.39 is 0 Å². The Labute approximate surface area is 89.4 Å². The monoisotopic (exact) mass is 211 g/mol. The minimum absolute atomic E-state index is 0.252. The second kappa shape index (κ2) is 6.37. The molecule has 0 aromatic heterocycles. The lowest BCUT2D eigenvalue weighted by Gasteiger charge is -2.11. The Morgan fingerprint density at radius 3 is 3.07 bits per heavy atom. The molecule has 0 fully saturated rings. The molecule has 0 aliphatic heterocycles. The Bertz CT molecular complexity index is 271. The number of carbonyl (C=O) groups excluding carboxylic acids is 1. The molecular weight excluding hydrogens is 194 g/mol. The van der Waals surface area contributed by atoms with Crippen molar-refractivity contribution in [1.82, 2.24) is 0 Å². The standard InChI is InChI=1S/C11H17NO3/c12-7-5-11(14)15-8-6-9-1-3-10(13)4-2-9/h1-3,10,13H,4-8,12H2. The Morgan fingerprint density at radius 1 is 1.67 bits per heavy atom. The fraction of sp³-hybridized carbons (Fsp3) is 0.545. The first kappa shape index (κ1) is 11.9. The molecule has 3 N–H and O–H groups in total. The summed E-state index contributed by atoms with van der Waals surface area (Å²) in [6.07, 6.45) is 6.81. The zero-order valence-electron chi connectivity index (χ0n) is 8.69. The number of esters is 1. The molecule has 1 aliphatic carbocycles. The summed E-state index contributed by atoms with van der Waals surface area (Å²) >= 11 is 0. The molecule has 0 amide bonds. The van der Waals surface area contributed by atoms with Crippen molar-refractivity contribution in [3.05, 3.63) is 23.8 Å². The Hall–Kier alpha value is -1.13. The number of ether oxygens (including phenoxy) is 1. The summed E-state index contributed by atoms with van der Waals surface area (Å²) < 4.78 is 4.96. The maximum atomic E-state index is 11.0. The highest BCUT2D eigenvalue weighted by Gasteiger charge is 2.05. The Morgan fingerprint density at radius 2 is 2.47 bits per heavy atom. The number of aliphatic hydroxyl groups excluding tert-OH is 1. The first-order valence-corrected chi connectivity index (χ1v) is 5.13. The van der Waals surface area contributed by atoms with Gasteiger partial charge < -0.3 is 15.6 Å². The van der Waals surface area contributed by atoms with E-state index in [1.165, 1.54) is 0 Å². The van der Waals surface area contributed by atoms with E-state index in [2.05, 4.69) is 0 Å². The lowest BCUT2D eigenvalue weighted by molar-refractivity contribution is -0.143. The van der Waals surface area contributed by atoms with Gasteiger partial charge in [-0.15, -0.1) is 0 Å². The van der Waals surface area contributed by atoms with E-state index in [-0.39, 0.29) is 18.5 Å². The minimum Gasteiger partial charge on any atom is -0.465 e. The smallest absolute Gasteiger partial charge is 0.307 e. The van der Waals surface area contributed by atoms with Gasteiger partial charge in [-0.25, -0.2) is 0 Å². The molecule has 0 saturated carbocycles. The van der Waals surface area contributed by atoms with Crippen LogP contribution in [0, 0.1) is 0 Å². The number of allylic oxidation sites excluding steroid dienone is 1. The lowest BCUT2D eigenvalue weighted by atomic mass is 10.0. The van der Waals surface area contributed by atoms with E-state index >= 15 is 0 Å². The number of hydrogen-bond acceptors (Lipinski definition) is 4. The fourth-order valence-electron chi connectivity index (χ4n) is 1.31. The molecule has 0 aromatic carbocycles. The number of nitrogens with two attached hydrogens (primary N) is 1. The SMILES string of the molecule is NCCC(=O)OCCC1=CCC(O)C=C1. The van der Waals surface area contributed by atoms with Crippen LogP contribution in [0.3, 0.4) is 0 Å². The van der Waals surface area contributed by atoms with Crippen LogP contribution in [0.2, 0.25) is 0 Å². The van der Waals surface area contributed by atoms with E-state index in [0.29, 0.717) is 26.0 Å². The van der Waals surface area contributed by atoms with Crippen LogP contribution in [0.5, 0.6) is 0 Å². The van der Waals surface area contributed by atoms with Gasteiger partial charge in [-0.3, -0.25) is 4.79 Å². The van der Waals surface area contributed by atoms with Crippen molar-refractivity contribution >= 4 is 5.97 Å². The highest BCUT2D eigenvalue weighted by atomic mass is 16.5. The molecule has 1 atom stereocenters. The third-order valence-corrected chi connectivity index (χ3v) is 2.16. The molecule has 0 spiro atoms. The lowest BCUT2D eigenvalue weighted by Crippen LogP contribution is -2.12. The van der Waals surface area contributed by atoms with Crippen molar-refractivity contribution in [2.24, 2.45) is 5.73 Å². The van der Waals surface area contributed by atoms with Crippen LogP contribution in [0.25, 0.3) is 0 Å². The second-order valence-electron chi connectivity index (χ2n) is 3.45. The fourth-order valence-corrected chi connectivity index (χ4v) is 1.31. The van der Waals surface area contributed by atoms with E-state index in [1.54, 1.807) is 6.08 Å². The molecule has 0 aromatic rings. The predicted molar refractivity (Wildman–Crippen MR) is 57.1 cm³/mol. The van der Waals surface area contributed by atoms with Gasteiger partial charge in [0.2, 0.25) is 0 Å². The van der Waals surface area contributed by atoms with Crippen LogP contribution in [0.4, 0.5) is 0 Å². The van der Waals surface area contributed by atoms with E-state index in [1.807, 2.05) is 12.2 Å². The van der Waals surface area contributed by atoms with Crippen molar-refractivity contribution in [3.63, 3.8) is 0 Å². The predicted octanol–water partition coefficient (Wildman–Crippen LogP) is 0.516. The summed E-state index contributed by atoms with van der Waals surface area (Å²) in [6, 6.07) is 0. The molecule has 0 saturated heterocycles. The second-order valence-corrected chi connectivity index (χ2v) is 3.45. The average molecular weight is 211 g/mol. The number of aliphatic hydroxyl groups is 1. The van der Waals surface area contributed by atoms with Gasteiger partial charge in [-0.1, -0.05) is 18.2 Å². The third-order valence-electron chi connectivity index (χ3n) is 2.16. The van der Waals surface area contributed by atoms with Gasteiger partial charge in [0, 0.05) is 13.0 Å². The summed E-state index contributed by atoms with van der Waals surface area (Å²) in [5.74, 6) is -0.252. The minimum atomic E-state index is -0.367. The van der Waals surface area contributed by atoms with Crippen molar-refractivity contribution in [1.29, 1.82) is 0 Å². The van der Waals surface area contributed by atoms with E-state index in [4.69, 9.17) is 10.5 Å². The van der Waals surface area contributed by atoms with Crippen molar-refractivity contribution < 1.29 is 14.6 Å². The molecule has 1 unspecified atom stereocenters. The van der Waals surface area contributed by atoms with Crippen LogP contribution in [-0.4, -0.2) is 30.3 Å². The van der Waals surface area contributed by atoms with Crippen LogP contribution < -0.4 is 5.73 Å². The molecule has 0 radical (unpaired) electrons. The highest BCUT2D eigenvalue weighted by Crippen LogP contribution is 2.13. The molecule has 1 aliphatic rings. The third kappa shape index (κ3) is 4.76. The first-order chi connectivity index (χ1) is 7.22. The first-order valence-electron chi connectivity index (χ1n) is 5.13. The van der Waals surface area contributed by atoms with Gasteiger partial charge in [-0.2, -0.15) is 0 Å². The van der Waals surface area contributed by atoms with Crippen molar-refractivity contribution in [2.75, 3.05) is 13.2 Å². The number of hydrogen-bond donors (Lipinski definition) is 2. The van der Waals surface area contributed by atoms with Crippen molar-refractivity contribution in [3.8, 4) is 0 Å². The summed E-state index contributed by atoms with van der Waals surface area (Å²) in [5.41, 5.74) is 6.31. The summed E-state index contributed by atoms with van der Waals surface area (Å²) in [5, 5.41) is 9.18. The summed E-state index contributed by atoms with van der Waals surface area (Å²) in [4.78, 5) is 11.0.